The fourth-order valence-electron chi connectivity index (χ4n) is 1.38. The number of carbonyl (C=O) groups excluding carboxylic acids is 1. The number of hydrogen-bond acceptors (Lipinski definition) is 4. The van der Waals surface area contributed by atoms with Crippen LogP contribution in [0.5, 0.6) is 0 Å². The van der Waals surface area contributed by atoms with Gasteiger partial charge in [-0.25, -0.2) is 4.68 Å². The van der Waals surface area contributed by atoms with Gasteiger partial charge in [-0.2, -0.15) is 0 Å². The number of nitrogens with zero attached hydrogens (tertiary/aromatic N) is 3. The summed E-state index contributed by atoms with van der Waals surface area (Å²) >= 11 is 0. The van der Waals surface area contributed by atoms with Gasteiger partial charge in [-0.05, 0) is 12.3 Å². The maximum absolute atomic E-state index is 11.4. The van der Waals surface area contributed by atoms with Gasteiger partial charge in [-0.3, -0.25) is 4.79 Å². The minimum atomic E-state index is -0.486. The highest BCUT2D eigenvalue weighted by Crippen LogP contribution is 2.03. The molecule has 1 amide bonds. The monoisotopic (exact) mass is 226 g/mol. The first-order valence-electron chi connectivity index (χ1n) is 5.36. The molecule has 16 heavy (non-hydrogen) atoms. The summed E-state index contributed by atoms with van der Waals surface area (Å²) in [4.78, 5) is 11.4. The molecular weight excluding hydrogens is 208 g/mol. The molecule has 90 valence electrons. The Morgan fingerprint density at radius 1 is 1.56 bits per heavy atom. The molecule has 1 aromatic rings. The normalized spacial score (nSPS) is 12.8. The van der Waals surface area contributed by atoms with Gasteiger partial charge < -0.3 is 10.4 Å². The van der Waals surface area contributed by atoms with E-state index in [4.69, 9.17) is 0 Å². The predicted octanol–water partition coefficient (Wildman–Crippen LogP) is -0.199. The van der Waals surface area contributed by atoms with Gasteiger partial charge in [0, 0.05) is 12.7 Å². The maximum atomic E-state index is 11.4. The number of aliphatic hydroxyl groups excluding tert-OH is 1. The lowest BCUT2D eigenvalue weighted by Gasteiger charge is -2.13. The molecule has 1 heterocycles. The zero-order chi connectivity index (χ0) is 12.0. The van der Waals surface area contributed by atoms with Gasteiger partial charge >= 0.3 is 0 Å². The summed E-state index contributed by atoms with van der Waals surface area (Å²) in [5.74, 6) is 0.246. The topological polar surface area (TPSA) is 80.0 Å². The van der Waals surface area contributed by atoms with E-state index in [2.05, 4.69) is 15.6 Å². The Hall–Kier alpha value is -1.43. The van der Waals surface area contributed by atoms with Crippen LogP contribution in [0.25, 0.3) is 0 Å². The lowest BCUT2D eigenvalue weighted by molar-refractivity contribution is -0.122. The quantitative estimate of drug-likeness (QED) is 0.704. The molecule has 0 aliphatic rings. The maximum Gasteiger partial charge on any atom is 0.241 e. The van der Waals surface area contributed by atoms with Crippen molar-refractivity contribution in [2.75, 3.05) is 6.54 Å². The van der Waals surface area contributed by atoms with Crippen LogP contribution in [0.4, 0.5) is 0 Å². The third-order valence-corrected chi connectivity index (χ3v) is 2.06. The van der Waals surface area contributed by atoms with Crippen molar-refractivity contribution in [3.63, 3.8) is 0 Å². The van der Waals surface area contributed by atoms with Crippen molar-refractivity contribution in [3.05, 3.63) is 12.4 Å². The summed E-state index contributed by atoms with van der Waals surface area (Å²) < 4.78 is 1.43. The SMILES string of the molecule is CC(C)CC(O)CNC(=O)Cn1ccnn1. The second-order valence-corrected chi connectivity index (χ2v) is 4.19. The molecular formula is C10H18N4O2. The average Bonchev–Trinajstić information content (AvgIpc) is 2.66. The molecule has 1 atom stereocenters. The number of amides is 1. The van der Waals surface area contributed by atoms with Crippen molar-refractivity contribution >= 4 is 5.91 Å². The van der Waals surface area contributed by atoms with Gasteiger partial charge in [0.15, 0.2) is 0 Å². The molecule has 0 spiro atoms. The highest BCUT2D eigenvalue weighted by Gasteiger charge is 2.09. The average molecular weight is 226 g/mol. The summed E-state index contributed by atoms with van der Waals surface area (Å²) in [5.41, 5.74) is 0. The number of rotatable bonds is 6. The second-order valence-electron chi connectivity index (χ2n) is 4.19. The Balaban J connectivity index is 2.20. The third-order valence-electron chi connectivity index (χ3n) is 2.06. The third kappa shape index (κ3) is 4.88. The van der Waals surface area contributed by atoms with E-state index >= 15 is 0 Å². The molecule has 0 fully saturated rings. The van der Waals surface area contributed by atoms with E-state index in [-0.39, 0.29) is 19.0 Å². The molecule has 0 radical (unpaired) electrons. The van der Waals surface area contributed by atoms with Crippen LogP contribution in [0.1, 0.15) is 20.3 Å². The lowest BCUT2D eigenvalue weighted by atomic mass is 10.1. The van der Waals surface area contributed by atoms with Crippen LogP contribution in [0.3, 0.4) is 0 Å². The van der Waals surface area contributed by atoms with Crippen LogP contribution in [0.15, 0.2) is 12.4 Å². The van der Waals surface area contributed by atoms with E-state index in [1.54, 1.807) is 6.20 Å². The summed E-state index contributed by atoms with van der Waals surface area (Å²) in [6.07, 6.45) is 3.33. The number of aromatic nitrogens is 3. The van der Waals surface area contributed by atoms with Crippen LogP contribution in [0.2, 0.25) is 0 Å². The van der Waals surface area contributed by atoms with Crippen LogP contribution in [-0.2, 0) is 11.3 Å². The van der Waals surface area contributed by atoms with Crippen molar-refractivity contribution in [1.29, 1.82) is 0 Å². The fraction of sp³-hybridized carbons (Fsp3) is 0.700. The number of carbonyl (C=O) groups is 1. The van der Waals surface area contributed by atoms with Crippen molar-refractivity contribution < 1.29 is 9.90 Å². The Labute approximate surface area is 94.7 Å². The highest BCUT2D eigenvalue weighted by molar-refractivity contribution is 5.75. The Bertz CT molecular complexity index is 311. The molecule has 1 unspecified atom stereocenters. The van der Waals surface area contributed by atoms with Crippen molar-refractivity contribution in [2.24, 2.45) is 5.92 Å². The van der Waals surface area contributed by atoms with E-state index in [1.807, 2.05) is 13.8 Å². The Kier molecular flexibility index (Phi) is 4.91. The largest absolute Gasteiger partial charge is 0.391 e. The molecule has 0 aromatic carbocycles. The minimum absolute atomic E-state index is 0.133. The van der Waals surface area contributed by atoms with Crippen LogP contribution >= 0.6 is 0 Å². The number of aliphatic hydroxyl groups is 1. The van der Waals surface area contributed by atoms with Gasteiger partial charge in [0.2, 0.25) is 5.91 Å². The van der Waals surface area contributed by atoms with Crippen molar-refractivity contribution in [1.82, 2.24) is 20.3 Å². The van der Waals surface area contributed by atoms with Gasteiger partial charge in [0.05, 0.1) is 12.3 Å². The first-order valence-corrected chi connectivity index (χ1v) is 5.36. The van der Waals surface area contributed by atoms with Crippen LogP contribution in [-0.4, -0.2) is 38.7 Å². The first-order chi connectivity index (χ1) is 7.58. The van der Waals surface area contributed by atoms with Gasteiger partial charge in [0.25, 0.3) is 0 Å². The zero-order valence-corrected chi connectivity index (χ0v) is 9.63. The van der Waals surface area contributed by atoms with E-state index in [0.29, 0.717) is 12.3 Å². The molecule has 0 aliphatic heterocycles. The molecule has 1 aromatic heterocycles. The molecule has 0 bridgehead atoms. The van der Waals surface area contributed by atoms with Crippen molar-refractivity contribution in [3.8, 4) is 0 Å². The van der Waals surface area contributed by atoms with E-state index in [1.165, 1.54) is 10.9 Å². The molecule has 2 N–H and O–H groups in total. The van der Waals surface area contributed by atoms with E-state index in [0.717, 1.165) is 0 Å². The van der Waals surface area contributed by atoms with Gasteiger partial charge in [-0.1, -0.05) is 19.1 Å². The number of hydrogen-bond donors (Lipinski definition) is 2. The minimum Gasteiger partial charge on any atom is -0.391 e. The summed E-state index contributed by atoms with van der Waals surface area (Å²) in [7, 11) is 0. The molecule has 6 heteroatoms. The molecule has 6 nitrogen and oxygen atoms in total. The standard InChI is InChI=1S/C10H18N4O2/c1-8(2)5-9(15)6-11-10(16)7-14-4-3-12-13-14/h3-4,8-9,15H,5-7H2,1-2H3,(H,11,16). The molecule has 1 rings (SSSR count). The Morgan fingerprint density at radius 3 is 2.88 bits per heavy atom. The smallest absolute Gasteiger partial charge is 0.241 e. The first kappa shape index (κ1) is 12.6. The lowest BCUT2D eigenvalue weighted by Crippen LogP contribution is -2.35. The van der Waals surface area contributed by atoms with Gasteiger partial charge in [-0.15, -0.1) is 5.10 Å². The van der Waals surface area contributed by atoms with Gasteiger partial charge in [0.1, 0.15) is 6.54 Å². The Morgan fingerprint density at radius 2 is 2.31 bits per heavy atom. The zero-order valence-electron chi connectivity index (χ0n) is 9.63. The van der Waals surface area contributed by atoms with E-state index in [9.17, 15) is 9.90 Å². The van der Waals surface area contributed by atoms with Crippen LogP contribution in [0, 0.1) is 5.92 Å². The summed E-state index contributed by atoms with van der Waals surface area (Å²) in [5, 5.41) is 19.5. The molecule has 0 saturated carbocycles. The summed E-state index contributed by atoms with van der Waals surface area (Å²) in [6.45, 7) is 4.47. The second kappa shape index (κ2) is 6.22. The predicted molar refractivity (Wildman–Crippen MR) is 58.5 cm³/mol. The molecule has 0 saturated heterocycles. The molecule has 0 aliphatic carbocycles. The number of nitrogens with one attached hydrogen (secondary N) is 1. The van der Waals surface area contributed by atoms with E-state index < -0.39 is 6.10 Å². The van der Waals surface area contributed by atoms with Crippen molar-refractivity contribution in [2.45, 2.75) is 32.9 Å². The van der Waals surface area contributed by atoms with Crippen LogP contribution < -0.4 is 5.32 Å². The highest BCUT2D eigenvalue weighted by atomic mass is 16.3. The summed E-state index contributed by atoms with van der Waals surface area (Å²) in [6, 6.07) is 0. The fourth-order valence-corrected chi connectivity index (χ4v) is 1.38.